The fraction of sp³-hybridized carbons (Fsp3) is 0.281. The quantitative estimate of drug-likeness (QED) is 0.178. The van der Waals surface area contributed by atoms with E-state index in [2.05, 4.69) is 30.7 Å². The third kappa shape index (κ3) is 6.08. The van der Waals surface area contributed by atoms with Gasteiger partial charge < -0.3 is 20.5 Å². The summed E-state index contributed by atoms with van der Waals surface area (Å²) in [5.41, 5.74) is 10.4. The van der Waals surface area contributed by atoms with E-state index in [0.29, 0.717) is 35.2 Å². The molecule has 0 saturated heterocycles. The molecule has 0 radical (unpaired) electrons. The second-order valence-corrected chi connectivity index (χ2v) is 11.3. The maximum Gasteiger partial charge on any atom is 0.336 e. The van der Waals surface area contributed by atoms with Gasteiger partial charge in [-0.2, -0.15) is 10.1 Å². The van der Waals surface area contributed by atoms with Crippen LogP contribution in [0.2, 0.25) is 0 Å². The lowest BCUT2D eigenvalue weighted by Crippen LogP contribution is -2.22. The Hall–Kier alpha value is -6.39. The number of carbonyl (C=O) groups excluding carboxylic acids is 2. The zero-order valence-electron chi connectivity index (χ0n) is 28.2. The lowest BCUT2D eigenvalue weighted by atomic mass is 10.2. The number of fused-ring (bicyclic) bond motifs is 2. The van der Waals surface area contributed by atoms with Gasteiger partial charge in [0.2, 0.25) is 0 Å². The predicted molar refractivity (Wildman–Crippen MR) is 180 cm³/mol. The molecule has 0 saturated carbocycles. The Morgan fingerprint density at radius 3 is 2.18 bits per heavy atom. The maximum absolute atomic E-state index is 12.8. The van der Waals surface area contributed by atoms with E-state index in [1.807, 2.05) is 33.8 Å². The summed E-state index contributed by atoms with van der Waals surface area (Å²) in [6.45, 7) is 13.2. The Morgan fingerprint density at radius 1 is 0.980 bits per heavy atom. The number of methoxy groups -OCH3 is 1. The average molecular weight is 670 g/mol. The number of aryl methyl sites for hydroxylation is 2. The summed E-state index contributed by atoms with van der Waals surface area (Å²) in [7, 11) is 1.51. The van der Waals surface area contributed by atoms with E-state index < -0.39 is 16.7 Å². The summed E-state index contributed by atoms with van der Waals surface area (Å²) < 4.78 is 15.3. The summed E-state index contributed by atoms with van der Waals surface area (Å²) in [5.74, 6) is -1.21. The number of ether oxygens (including phenoxy) is 2. The van der Waals surface area contributed by atoms with Crippen LogP contribution in [0.25, 0.3) is 28.1 Å². The van der Waals surface area contributed by atoms with E-state index in [9.17, 15) is 19.7 Å². The van der Waals surface area contributed by atoms with Crippen molar-refractivity contribution in [3.8, 4) is 17.7 Å². The van der Waals surface area contributed by atoms with Crippen LogP contribution in [0.1, 0.15) is 66.7 Å². The normalized spacial score (nSPS) is 10.9. The molecule has 0 aliphatic heterocycles. The second kappa shape index (κ2) is 13.4. The molecule has 3 N–H and O–H groups in total. The van der Waals surface area contributed by atoms with Gasteiger partial charge in [0, 0.05) is 11.4 Å². The number of aromatic nitrogens is 8. The number of hydrogen-bond donors (Lipinski definition) is 2. The number of nitro groups is 1. The van der Waals surface area contributed by atoms with Gasteiger partial charge in [-0.1, -0.05) is 23.3 Å². The van der Waals surface area contributed by atoms with Gasteiger partial charge in [0.25, 0.3) is 11.8 Å². The molecule has 17 heteroatoms. The van der Waals surface area contributed by atoms with Gasteiger partial charge in [0.15, 0.2) is 16.9 Å². The second-order valence-electron chi connectivity index (χ2n) is 11.3. The summed E-state index contributed by atoms with van der Waals surface area (Å²) in [4.78, 5) is 40.2. The lowest BCUT2D eigenvalue weighted by molar-refractivity contribution is -0.386. The largest absolute Gasteiger partial charge is 0.467 e. The molecule has 0 fully saturated rings. The minimum Gasteiger partial charge on any atom is -0.467 e. The third-order valence-corrected chi connectivity index (χ3v) is 7.34. The first-order valence-corrected chi connectivity index (χ1v) is 15.1. The molecule has 2 amide bonds. The Labute approximate surface area is 279 Å². The zero-order chi connectivity index (χ0) is 35.7. The lowest BCUT2D eigenvalue weighted by Gasteiger charge is -2.06. The number of hydrogen-bond acceptors (Lipinski definition) is 11. The first-order valence-electron chi connectivity index (χ1n) is 15.1. The van der Waals surface area contributed by atoms with Crippen LogP contribution >= 0.6 is 0 Å². The molecule has 0 aliphatic rings. The topological polar surface area (TPSA) is 212 Å². The maximum atomic E-state index is 12.8. The predicted octanol–water partition coefficient (Wildman–Crippen LogP) is 2.75. The Kier molecular flexibility index (Phi) is 9.27. The summed E-state index contributed by atoms with van der Waals surface area (Å²) in [5, 5.41) is 32.0. The van der Waals surface area contributed by atoms with Crippen molar-refractivity contribution in [2.45, 2.75) is 48.5 Å². The number of para-hydroxylation sites is 1. The van der Waals surface area contributed by atoms with Crippen molar-refractivity contribution >= 4 is 45.6 Å². The van der Waals surface area contributed by atoms with E-state index in [1.54, 1.807) is 60.2 Å². The molecule has 0 spiro atoms. The Balaban J connectivity index is 0.000000192. The van der Waals surface area contributed by atoms with Gasteiger partial charge in [-0.15, -0.1) is 10.2 Å². The van der Waals surface area contributed by atoms with Crippen LogP contribution < -0.4 is 31.2 Å². The molecule has 5 aromatic heterocycles. The monoisotopic (exact) mass is 669 g/mol. The molecule has 6 rings (SSSR count). The fourth-order valence-corrected chi connectivity index (χ4v) is 5.52. The number of primary amides is 1. The smallest absolute Gasteiger partial charge is 0.336 e. The van der Waals surface area contributed by atoms with Crippen LogP contribution in [0.15, 0.2) is 36.4 Å². The number of nitrogens with zero attached hydrogens (tertiary/aromatic N) is 9. The van der Waals surface area contributed by atoms with Crippen molar-refractivity contribution in [1.29, 1.82) is 0 Å². The van der Waals surface area contributed by atoms with Gasteiger partial charge in [0.1, 0.15) is 16.6 Å². The molecule has 254 valence electrons. The first-order chi connectivity index (χ1) is 23.3. The van der Waals surface area contributed by atoms with Crippen LogP contribution in [0.3, 0.4) is 0 Å². The van der Waals surface area contributed by atoms with Crippen LogP contribution in [0, 0.1) is 24.0 Å². The summed E-state index contributed by atoms with van der Waals surface area (Å²) >= 11 is 0. The molecular formula is C32H35N11O6. The SMILES string of the molecule is CCOc1nc2c(C(=O)Nc3ccccc3)c([N+](=O)[O-])c(=C(C)C)n2n1.COc1nnc2c(C(N)=O)c(-n3nc(C)cc3C)c(=C(C)C)n12. The Bertz CT molecular complexity index is 2350. The highest BCUT2D eigenvalue weighted by molar-refractivity contribution is 6.11. The van der Waals surface area contributed by atoms with Crippen LogP contribution in [0.5, 0.6) is 12.0 Å². The highest BCUT2D eigenvalue weighted by atomic mass is 16.6. The fourth-order valence-electron chi connectivity index (χ4n) is 5.52. The molecular weight excluding hydrogens is 634 g/mol. The first kappa shape index (κ1) is 34.0. The molecule has 0 unspecified atom stereocenters. The molecule has 1 aromatic carbocycles. The standard InChI is InChI=1S/C17H17N5O4.C15H18N6O2/c1-4-26-17-19-15-12(16(23)18-11-8-6-5-7-9-11)14(22(24)25)13(10(2)3)21(15)20-17;1-7(2)11-12(21-9(4)6-8(3)19-21)10(13(16)22)14-17-18-15(23-5)20(11)14/h5-9H,4H2,1-3H3,(H,18,23);6H,1-5H3,(H2,16,22). The van der Waals surface area contributed by atoms with E-state index in [0.717, 1.165) is 22.3 Å². The number of amides is 2. The number of anilines is 1. The highest BCUT2D eigenvalue weighted by Crippen LogP contribution is 2.25. The van der Waals surface area contributed by atoms with Crippen molar-refractivity contribution in [1.82, 2.24) is 39.0 Å². The van der Waals surface area contributed by atoms with Crippen LogP contribution in [-0.2, 0) is 0 Å². The molecule has 0 atom stereocenters. The minimum atomic E-state index is -0.629. The van der Waals surface area contributed by atoms with Gasteiger partial charge in [0.05, 0.1) is 29.7 Å². The molecule has 17 nitrogen and oxygen atoms in total. The number of nitrogens with one attached hydrogen (secondary N) is 1. The van der Waals surface area contributed by atoms with Crippen LogP contribution in [0.4, 0.5) is 11.4 Å². The summed E-state index contributed by atoms with van der Waals surface area (Å²) in [6, 6.07) is 11.0. The number of carbonyl (C=O) groups is 2. The molecule has 49 heavy (non-hydrogen) atoms. The number of benzene rings is 1. The van der Waals surface area contributed by atoms with Gasteiger partial charge in [-0.3, -0.25) is 19.7 Å². The molecule has 0 aliphatic carbocycles. The van der Waals surface area contributed by atoms with Gasteiger partial charge in [-0.25, -0.2) is 13.6 Å². The molecule has 6 aromatic rings. The van der Waals surface area contributed by atoms with E-state index >= 15 is 0 Å². The molecule has 5 heterocycles. The van der Waals surface area contributed by atoms with Crippen molar-refractivity contribution in [3.05, 3.63) is 79.7 Å². The van der Waals surface area contributed by atoms with E-state index in [4.69, 9.17) is 15.2 Å². The van der Waals surface area contributed by atoms with Crippen molar-refractivity contribution in [2.24, 2.45) is 5.73 Å². The number of rotatable bonds is 8. The third-order valence-electron chi connectivity index (χ3n) is 7.34. The van der Waals surface area contributed by atoms with Gasteiger partial charge >= 0.3 is 17.7 Å². The minimum absolute atomic E-state index is 0.0636. The Morgan fingerprint density at radius 2 is 1.65 bits per heavy atom. The van der Waals surface area contributed by atoms with Crippen molar-refractivity contribution in [3.63, 3.8) is 0 Å². The molecule has 0 bridgehead atoms. The highest BCUT2D eigenvalue weighted by Gasteiger charge is 2.33. The van der Waals surface area contributed by atoms with Crippen molar-refractivity contribution < 1.29 is 24.0 Å². The average Bonchev–Trinajstić information content (AvgIpc) is 3.82. The van der Waals surface area contributed by atoms with Crippen molar-refractivity contribution in [2.75, 3.05) is 19.0 Å². The van der Waals surface area contributed by atoms with Crippen LogP contribution in [-0.4, -0.2) is 69.4 Å². The number of nitrogens with two attached hydrogens (primary N) is 1. The van der Waals surface area contributed by atoms with E-state index in [-0.39, 0.29) is 33.8 Å². The zero-order valence-corrected chi connectivity index (χ0v) is 28.2. The van der Waals surface area contributed by atoms with E-state index in [1.165, 1.54) is 11.6 Å². The van der Waals surface area contributed by atoms with Gasteiger partial charge in [-0.05, 0) is 77.8 Å². The summed E-state index contributed by atoms with van der Waals surface area (Å²) in [6.07, 6.45) is 0.